The lowest BCUT2D eigenvalue weighted by molar-refractivity contribution is 0.528. The molecule has 0 saturated heterocycles. The van der Waals surface area contributed by atoms with E-state index in [1.54, 1.807) is 6.07 Å². The van der Waals surface area contributed by atoms with Crippen LogP contribution in [0.5, 0.6) is 0 Å². The Morgan fingerprint density at radius 3 is 2.35 bits per heavy atom. The van der Waals surface area contributed by atoms with Crippen molar-refractivity contribution in [2.45, 2.75) is 26.3 Å². The molecule has 0 aliphatic heterocycles. The normalized spacial score (nSPS) is 12.4. The Balaban J connectivity index is 2.28. The second kappa shape index (κ2) is 6.48. The zero-order valence-electron chi connectivity index (χ0n) is 11.6. The Morgan fingerprint density at radius 2 is 1.80 bits per heavy atom. The summed E-state index contributed by atoms with van der Waals surface area (Å²) in [4.78, 5) is 0. The molecule has 2 rings (SSSR count). The SMILES string of the molecule is Cc1cc(C)cc(C(Cc2ccc(Br)cc2F)NN)c1. The van der Waals surface area contributed by atoms with Crippen LogP contribution in [0.2, 0.25) is 0 Å². The van der Waals surface area contributed by atoms with Crippen molar-refractivity contribution in [1.29, 1.82) is 0 Å². The maximum atomic E-state index is 13.9. The predicted octanol–water partition coefficient (Wildman–Crippen LogP) is 3.95. The van der Waals surface area contributed by atoms with Crippen LogP contribution in [0.1, 0.15) is 28.3 Å². The van der Waals surface area contributed by atoms with Crippen molar-refractivity contribution in [3.63, 3.8) is 0 Å². The van der Waals surface area contributed by atoms with Gasteiger partial charge < -0.3 is 0 Å². The van der Waals surface area contributed by atoms with Gasteiger partial charge in [0.1, 0.15) is 5.82 Å². The fourth-order valence-electron chi connectivity index (χ4n) is 2.39. The first-order chi connectivity index (χ1) is 9.49. The number of nitrogens with one attached hydrogen (secondary N) is 1. The molecule has 1 atom stereocenters. The van der Waals surface area contributed by atoms with Gasteiger partial charge in [0.15, 0.2) is 0 Å². The van der Waals surface area contributed by atoms with Crippen LogP contribution in [0, 0.1) is 19.7 Å². The van der Waals surface area contributed by atoms with Crippen LogP contribution in [0.15, 0.2) is 40.9 Å². The third-order valence-corrected chi connectivity index (χ3v) is 3.78. The van der Waals surface area contributed by atoms with E-state index in [-0.39, 0.29) is 11.9 Å². The van der Waals surface area contributed by atoms with Gasteiger partial charge >= 0.3 is 0 Å². The first kappa shape index (κ1) is 15.2. The van der Waals surface area contributed by atoms with Crippen LogP contribution in [-0.4, -0.2) is 0 Å². The minimum Gasteiger partial charge on any atom is -0.271 e. The first-order valence-corrected chi connectivity index (χ1v) is 7.27. The number of benzene rings is 2. The highest BCUT2D eigenvalue weighted by atomic mass is 79.9. The van der Waals surface area contributed by atoms with Gasteiger partial charge in [0.05, 0.1) is 6.04 Å². The summed E-state index contributed by atoms with van der Waals surface area (Å²) in [5.74, 6) is 5.43. The quantitative estimate of drug-likeness (QED) is 0.655. The molecule has 20 heavy (non-hydrogen) atoms. The number of hydrogen-bond acceptors (Lipinski definition) is 2. The Morgan fingerprint density at radius 1 is 1.15 bits per heavy atom. The number of halogens is 2. The third-order valence-electron chi connectivity index (χ3n) is 3.29. The third kappa shape index (κ3) is 3.66. The first-order valence-electron chi connectivity index (χ1n) is 6.48. The molecule has 0 bridgehead atoms. The lowest BCUT2D eigenvalue weighted by atomic mass is 9.96. The molecule has 0 radical (unpaired) electrons. The van der Waals surface area contributed by atoms with Crippen LogP contribution < -0.4 is 11.3 Å². The molecule has 0 fully saturated rings. The van der Waals surface area contributed by atoms with Gasteiger partial charge in [-0.15, -0.1) is 0 Å². The average Bonchev–Trinajstić information content (AvgIpc) is 2.36. The van der Waals surface area contributed by atoms with E-state index in [1.165, 1.54) is 17.2 Å². The summed E-state index contributed by atoms with van der Waals surface area (Å²) in [7, 11) is 0. The van der Waals surface area contributed by atoms with Crippen molar-refractivity contribution in [3.8, 4) is 0 Å². The van der Waals surface area contributed by atoms with Crippen LogP contribution in [0.3, 0.4) is 0 Å². The summed E-state index contributed by atoms with van der Waals surface area (Å²) in [6.07, 6.45) is 0.512. The molecule has 0 aliphatic rings. The topological polar surface area (TPSA) is 38.0 Å². The minimum atomic E-state index is -0.219. The summed E-state index contributed by atoms with van der Waals surface area (Å²) in [6, 6.07) is 11.3. The number of hydrogen-bond donors (Lipinski definition) is 2. The fraction of sp³-hybridized carbons (Fsp3) is 0.250. The maximum absolute atomic E-state index is 13.9. The number of nitrogens with two attached hydrogens (primary N) is 1. The molecule has 0 saturated carbocycles. The second-order valence-corrected chi connectivity index (χ2v) is 6.00. The molecule has 2 nitrogen and oxygen atoms in total. The fourth-order valence-corrected chi connectivity index (χ4v) is 2.72. The highest BCUT2D eigenvalue weighted by molar-refractivity contribution is 9.10. The van der Waals surface area contributed by atoms with Crippen molar-refractivity contribution < 1.29 is 4.39 Å². The standard InChI is InChI=1S/C16H18BrFN2/c1-10-5-11(2)7-13(6-10)16(20-19)8-12-3-4-14(17)9-15(12)18/h3-7,9,16,20H,8,19H2,1-2H3. The summed E-state index contributed by atoms with van der Waals surface area (Å²) in [5.41, 5.74) is 6.86. The van der Waals surface area contributed by atoms with E-state index in [2.05, 4.69) is 39.6 Å². The minimum absolute atomic E-state index is 0.107. The average molecular weight is 337 g/mol. The molecular formula is C16H18BrFN2. The van der Waals surface area contributed by atoms with Gasteiger partial charge in [-0.25, -0.2) is 4.39 Å². The second-order valence-electron chi connectivity index (χ2n) is 5.08. The van der Waals surface area contributed by atoms with Crippen LogP contribution >= 0.6 is 15.9 Å². The molecule has 4 heteroatoms. The molecule has 3 N–H and O–H groups in total. The summed E-state index contributed by atoms with van der Waals surface area (Å²) in [5, 5.41) is 0. The van der Waals surface area contributed by atoms with E-state index < -0.39 is 0 Å². The van der Waals surface area contributed by atoms with Crippen molar-refractivity contribution in [1.82, 2.24) is 5.43 Å². The van der Waals surface area contributed by atoms with Crippen LogP contribution in [-0.2, 0) is 6.42 Å². The number of hydrazine groups is 1. The number of rotatable bonds is 4. The Bertz CT molecular complexity index is 593. The molecule has 2 aromatic carbocycles. The molecule has 2 aromatic rings. The van der Waals surface area contributed by atoms with Gasteiger partial charge in [-0.05, 0) is 43.5 Å². The van der Waals surface area contributed by atoms with Crippen molar-refractivity contribution in [3.05, 3.63) is 68.9 Å². The highest BCUT2D eigenvalue weighted by Gasteiger charge is 2.14. The van der Waals surface area contributed by atoms with Crippen LogP contribution in [0.4, 0.5) is 4.39 Å². The van der Waals surface area contributed by atoms with Crippen molar-refractivity contribution in [2.75, 3.05) is 0 Å². The molecule has 0 spiro atoms. The molecular weight excluding hydrogens is 319 g/mol. The van der Waals surface area contributed by atoms with Crippen LogP contribution in [0.25, 0.3) is 0 Å². The van der Waals surface area contributed by atoms with Gasteiger partial charge in [-0.3, -0.25) is 11.3 Å². The molecule has 0 aromatic heterocycles. The van der Waals surface area contributed by atoms with Gasteiger partial charge in [0.25, 0.3) is 0 Å². The Hall–Kier alpha value is -1.23. The van der Waals surface area contributed by atoms with E-state index in [4.69, 9.17) is 5.84 Å². The monoisotopic (exact) mass is 336 g/mol. The van der Waals surface area contributed by atoms with E-state index in [1.807, 2.05) is 19.9 Å². The van der Waals surface area contributed by atoms with Crippen molar-refractivity contribution >= 4 is 15.9 Å². The van der Waals surface area contributed by atoms with E-state index in [9.17, 15) is 4.39 Å². The molecule has 0 aliphatic carbocycles. The lowest BCUT2D eigenvalue weighted by Gasteiger charge is -2.18. The van der Waals surface area contributed by atoms with Crippen molar-refractivity contribution in [2.24, 2.45) is 5.84 Å². The lowest BCUT2D eigenvalue weighted by Crippen LogP contribution is -2.30. The Kier molecular flexibility index (Phi) is 4.91. The van der Waals surface area contributed by atoms with Gasteiger partial charge in [0, 0.05) is 4.47 Å². The molecule has 106 valence electrons. The van der Waals surface area contributed by atoms with Gasteiger partial charge in [0.2, 0.25) is 0 Å². The number of aryl methyl sites for hydroxylation is 2. The molecule has 1 unspecified atom stereocenters. The predicted molar refractivity (Wildman–Crippen MR) is 83.8 cm³/mol. The van der Waals surface area contributed by atoms with E-state index in [0.717, 1.165) is 10.0 Å². The van der Waals surface area contributed by atoms with E-state index >= 15 is 0 Å². The zero-order chi connectivity index (χ0) is 14.7. The smallest absolute Gasteiger partial charge is 0.127 e. The van der Waals surface area contributed by atoms with E-state index in [0.29, 0.717) is 12.0 Å². The maximum Gasteiger partial charge on any atom is 0.127 e. The summed E-state index contributed by atoms with van der Waals surface area (Å²) in [6.45, 7) is 4.09. The highest BCUT2D eigenvalue weighted by Crippen LogP contribution is 2.23. The van der Waals surface area contributed by atoms with Gasteiger partial charge in [-0.1, -0.05) is 51.3 Å². The van der Waals surface area contributed by atoms with Gasteiger partial charge in [-0.2, -0.15) is 0 Å². The summed E-state index contributed by atoms with van der Waals surface area (Å²) >= 11 is 3.26. The summed E-state index contributed by atoms with van der Waals surface area (Å²) < 4.78 is 14.7. The molecule has 0 heterocycles. The zero-order valence-corrected chi connectivity index (χ0v) is 13.2. The Labute approximate surface area is 127 Å². The largest absolute Gasteiger partial charge is 0.271 e. The molecule has 0 amide bonds.